The molecular weight excluding hydrogens is 276 g/mol. The fourth-order valence-electron chi connectivity index (χ4n) is 2.11. The number of nitrogens with zero attached hydrogens (tertiary/aromatic N) is 2. The molecule has 20 heavy (non-hydrogen) atoms. The summed E-state index contributed by atoms with van der Waals surface area (Å²) >= 11 is 1.21. The van der Waals surface area contributed by atoms with Gasteiger partial charge in [0.15, 0.2) is 0 Å². The van der Waals surface area contributed by atoms with Crippen molar-refractivity contribution in [3.8, 4) is 0 Å². The van der Waals surface area contributed by atoms with E-state index in [-0.39, 0.29) is 16.5 Å². The zero-order valence-electron chi connectivity index (χ0n) is 11.8. The first-order valence-corrected chi connectivity index (χ1v) is 7.57. The van der Waals surface area contributed by atoms with Crippen LogP contribution in [0.3, 0.4) is 0 Å². The van der Waals surface area contributed by atoms with E-state index in [0.717, 1.165) is 12.2 Å². The fraction of sp³-hybridized carbons (Fsp3) is 0.500. The first-order valence-electron chi connectivity index (χ1n) is 6.69. The molecule has 0 fully saturated rings. The standard InChI is InChI=1S/C14H18N2O3S/c1-4-10-15-12-11(9(7-20-12)14(18)19)13(17)16(10)6-5-8(2)3/h7-8H,4-6H2,1-3H3,(H,18,19). The van der Waals surface area contributed by atoms with Gasteiger partial charge in [-0.05, 0) is 12.3 Å². The summed E-state index contributed by atoms with van der Waals surface area (Å²) in [5, 5.41) is 10.9. The van der Waals surface area contributed by atoms with Gasteiger partial charge >= 0.3 is 5.97 Å². The number of thiophene rings is 1. The van der Waals surface area contributed by atoms with E-state index in [4.69, 9.17) is 5.11 Å². The zero-order chi connectivity index (χ0) is 14.9. The van der Waals surface area contributed by atoms with Crippen molar-refractivity contribution in [1.29, 1.82) is 0 Å². The van der Waals surface area contributed by atoms with Gasteiger partial charge in [0.2, 0.25) is 0 Å². The van der Waals surface area contributed by atoms with Gasteiger partial charge in [0.1, 0.15) is 10.7 Å². The molecule has 2 aromatic rings. The van der Waals surface area contributed by atoms with E-state index in [0.29, 0.717) is 23.7 Å². The van der Waals surface area contributed by atoms with Crippen LogP contribution in [0.4, 0.5) is 0 Å². The molecule has 1 N–H and O–H groups in total. The summed E-state index contributed by atoms with van der Waals surface area (Å²) in [4.78, 5) is 28.7. The lowest BCUT2D eigenvalue weighted by atomic mass is 10.1. The molecule has 0 bridgehead atoms. The predicted octanol–water partition coefficient (Wildman–Crippen LogP) is 2.76. The quantitative estimate of drug-likeness (QED) is 0.920. The minimum Gasteiger partial charge on any atom is -0.478 e. The Labute approximate surface area is 120 Å². The molecule has 5 nitrogen and oxygen atoms in total. The molecule has 0 amide bonds. The molecular formula is C14H18N2O3S. The highest BCUT2D eigenvalue weighted by atomic mass is 32.1. The zero-order valence-corrected chi connectivity index (χ0v) is 12.7. The van der Waals surface area contributed by atoms with Gasteiger partial charge in [0, 0.05) is 18.3 Å². The van der Waals surface area contributed by atoms with Gasteiger partial charge in [0.05, 0.1) is 10.9 Å². The third-order valence-electron chi connectivity index (χ3n) is 3.25. The lowest BCUT2D eigenvalue weighted by Crippen LogP contribution is -2.26. The summed E-state index contributed by atoms with van der Waals surface area (Å²) in [6.07, 6.45) is 1.52. The molecule has 0 aromatic carbocycles. The van der Waals surface area contributed by atoms with E-state index < -0.39 is 5.97 Å². The maximum absolute atomic E-state index is 12.6. The van der Waals surface area contributed by atoms with Crippen molar-refractivity contribution in [3.05, 3.63) is 27.1 Å². The Morgan fingerprint density at radius 2 is 2.20 bits per heavy atom. The third kappa shape index (κ3) is 2.60. The average molecular weight is 294 g/mol. The second kappa shape index (κ2) is 5.75. The van der Waals surface area contributed by atoms with Gasteiger partial charge in [-0.1, -0.05) is 20.8 Å². The van der Waals surface area contributed by atoms with Crippen LogP contribution in [0.5, 0.6) is 0 Å². The predicted molar refractivity (Wildman–Crippen MR) is 79.7 cm³/mol. The monoisotopic (exact) mass is 294 g/mol. The van der Waals surface area contributed by atoms with E-state index in [1.807, 2.05) is 6.92 Å². The number of carboxylic acid groups (broad SMARTS) is 1. The molecule has 6 heteroatoms. The Balaban J connectivity index is 2.65. The third-order valence-corrected chi connectivity index (χ3v) is 4.12. The summed E-state index contributed by atoms with van der Waals surface area (Å²) < 4.78 is 1.63. The van der Waals surface area contributed by atoms with Gasteiger partial charge < -0.3 is 5.11 Å². The maximum atomic E-state index is 12.6. The fourth-order valence-corrected chi connectivity index (χ4v) is 3.03. The Kier molecular flexibility index (Phi) is 4.23. The van der Waals surface area contributed by atoms with Crippen molar-refractivity contribution < 1.29 is 9.90 Å². The molecule has 0 atom stereocenters. The minimum absolute atomic E-state index is 0.0588. The molecule has 2 aromatic heterocycles. The van der Waals surface area contributed by atoms with Crippen LogP contribution in [-0.2, 0) is 13.0 Å². The highest BCUT2D eigenvalue weighted by Crippen LogP contribution is 2.22. The SMILES string of the molecule is CCc1nc2scc(C(=O)O)c2c(=O)n1CCC(C)C. The number of hydrogen-bond donors (Lipinski definition) is 1. The molecule has 0 radical (unpaired) electrons. The molecule has 0 saturated carbocycles. The second-order valence-electron chi connectivity index (χ2n) is 5.16. The summed E-state index contributed by atoms with van der Waals surface area (Å²) in [5.74, 6) is 0.125. The summed E-state index contributed by atoms with van der Waals surface area (Å²) in [7, 11) is 0. The Morgan fingerprint density at radius 1 is 1.50 bits per heavy atom. The topological polar surface area (TPSA) is 72.2 Å². The number of carboxylic acids is 1. The van der Waals surface area contributed by atoms with Crippen molar-refractivity contribution in [2.24, 2.45) is 5.92 Å². The van der Waals surface area contributed by atoms with Crippen LogP contribution < -0.4 is 5.56 Å². The highest BCUT2D eigenvalue weighted by Gasteiger charge is 2.18. The van der Waals surface area contributed by atoms with Crippen LogP contribution in [0.2, 0.25) is 0 Å². The van der Waals surface area contributed by atoms with Gasteiger partial charge in [-0.25, -0.2) is 9.78 Å². The first-order chi connectivity index (χ1) is 9.45. The molecule has 0 aliphatic rings. The minimum atomic E-state index is -1.07. The largest absolute Gasteiger partial charge is 0.478 e. The Morgan fingerprint density at radius 3 is 2.75 bits per heavy atom. The van der Waals surface area contributed by atoms with E-state index in [9.17, 15) is 9.59 Å². The van der Waals surface area contributed by atoms with Gasteiger partial charge in [-0.3, -0.25) is 9.36 Å². The van der Waals surface area contributed by atoms with Crippen molar-refractivity contribution in [3.63, 3.8) is 0 Å². The molecule has 0 aliphatic heterocycles. The van der Waals surface area contributed by atoms with Crippen LogP contribution in [0.25, 0.3) is 10.2 Å². The van der Waals surface area contributed by atoms with Crippen molar-refractivity contribution in [1.82, 2.24) is 9.55 Å². The number of rotatable bonds is 5. The van der Waals surface area contributed by atoms with Crippen molar-refractivity contribution in [2.75, 3.05) is 0 Å². The number of aryl methyl sites for hydroxylation is 1. The average Bonchev–Trinajstić information content (AvgIpc) is 2.81. The highest BCUT2D eigenvalue weighted by molar-refractivity contribution is 7.17. The van der Waals surface area contributed by atoms with Gasteiger partial charge in [0.25, 0.3) is 5.56 Å². The number of aromatic carboxylic acids is 1. The smallest absolute Gasteiger partial charge is 0.337 e. The first kappa shape index (κ1) is 14.7. The molecule has 0 saturated heterocycles. The second-order valence-corrected chi connectivity index (χ2v) is 6.01. The van der Waals surface area contributed by atoms with Crippen LogP contribution in [0, 0.1) is 5.92 Å². The maximum Gasteiger partial charge on any atom is 0.337 e. The Hall–Kier alpha value is -1.69. The summed E-state index contributed by atoms with van der Waals surface area (Å²) in [6, 6.07) is 0. The molecule has 0 aliphatic carbocycles. The van der Waals surface area contributed by atoms with E-state index in [1.165, 1.54) is 16.7 Å². The number of carbonyl (C=O) groups is 1. The van der Waals surface area contributed by atoms with E-state index in [2.05, 4.69) is 18.8 Å². The van der Waals surface area contributed by atoms with Crippen LogP contribution in [0.1, 0.15) is 43.4 Å². The number of hydrogen-bond acceptors (Lipinski definition) is 4. The lowest BCUT2D eigenvalue weighted by Gasteiger charge is -2.12. The molecule has 0 spiro atoms. The van der Waals surface area contributed by atoms with Crippen molar-refractivity contribution in [2.45, 2.75) is 40.2 Å². The molecule has 2 heterocycles. The lowest BCUT2D eigenvalue weighted by molar-refractivity contribution is 0.0699. The van der Waals surface area contributed by atoms with Gasteiger partial charge in [-0.2, -0.15) is 0 Å². The van der Waals surface area contributed by atoms with E-state index in [1.54, 1.807) is 4.57 Å². The van der Waals surface area contributed by atoms with Crippen molar-refractivity contribution >= 4 is 27.5 Å². The van der Waals surface area contributed by atoms with Crippen LogP contribution in [-0.4, -0.2) is 20.6 Å². The summed E-state index contributed by atoms with van der Waals surface area (Å²) in [5.41, 5.74) is -0.172. The number of fused-ring (bicyclic) bond motifs is 1. The van der Waals surface area contributed by atoms with Crippen LogP contribution >= 0.6 is 11.3 Å². The molecule has 0 unspecified atom stereocenters. The van der Waals surface area contributed by atoms with E-state index >= 15 is 0 Å². The molecule has 2 rings (SSSR count). The molecule has 108 valence electrons. The normalized spacial score (nSPS) is 11.4. The summed E-state index contributed by atoms with van der Waals surface area (Å²) in [6.45, 7) is 6.72. The van der Waals surface area contributed by atoms with Crippen LogP contribution in [0.15, 0.2) is 10.2 Å². The Bertz CT molecular complexity index is 700. The number of aromatic nitrogens is 2. The van der Waals surface area contributed by atoms with Gasteiger partial charge in [-0.15, -0.1) is 11.3 Å².